The second kappa shape index (κ2) is 14.6. The fourth-order valence-electron chi connectivity index (χ4n) is 3.17. The number of nitrogens with two attached hydrogens (primary N) is 1. The van der Waals surface area contributed by atoms with Gasteiger partial charge in [-0.1, -0.05) is 40.7 Å². The van der Waals surface area contributed by atoms with Crippen molar-refractivity contribution in [1.82, 2.24) is 0 Å². The molecule has 3 N–H and O–H groups in total. The molecule has 0 aromatic heterocycles. The maximum absolute atomic E-state index is 12.5. The minimum Gasteiger partial charge on any atom is -0.480 e. The lowest BCUT2D eigenvalue weighted by atomic mass is 9.86. The van der Waals surface area contributed by atoms with E-state index in [9.17, 15) is 24.3 Å². The van der Waals surface area contributed by atoms with Gasteiger partial charge in [-0.05, 0) is 50.8 Å². The van der Waals surface area contributed by atoms with Crippen molar-refractivity contribution < 1.29 is 43.2 Å². The standard InChI is InChI=1S/C27H41NO9/c1-8-16(4)23(29)36-21-12-11-20(13-22(21)37-24(30)17(5)9-2)15-27(28,25(31)32)14-19(7)35-26(33)34-18(6)10-3/h11-13,16-19H,8-10,14-15,28H2,1-7H3,(H,31,32)/t16?,17?,18?,19-,27?/m0/s1. The molecule has 0 fully saturated rings. The van der Waals surface area contributed by atoms with Crippen LogP contribution in [-0.4, -0.2) is 46.9 Å². The van der Waals surface area contributed by atoms with Gasteiger partial charge < -0.3 is 29.8 Å². The van der Waals surface area contributed by atoms with Crippen LogP contribution < -0.4 is 15.2 Å². The fraction of sp³-hybridized carbons (Fsp3) is 0.630. The third-order valence-corrected chi connectivity index (χ3v) is 6.23. The summed E-state index contributed by atoms with van der Waals surface area (Å²) in [4.78, 5) is 48.9. The largest absolute Gasteiger partial charge is 0.508 e. The van der Waals surface area contributed by atoms with E-state index < -0.39 is 41.6 Å². The molecule has 0 saturated heterocycles. The van der Waals surface area contributed by atoms with Gasteiger partial charge in [0.2, 0.25) is 0 Å². The summed E-state index contributed by atoms with van der Waals surface area (Å²) < 4.78 is 21.2. The predicted octanol–water partition coefficient (Wildman–Crippen LogP) is 4.64. The van der Waals surface area contributed by atoms with Crippen LogP contribution in [0.2, 0.25) is 0 Å². The molecule has 0 saturated carbocycles. The van der Waals surface area contributed by atoms with Gasteiger partial charge in [-0.15, -0.1) is 0 Å². The van der Waals surface area contributed by atoms with E-state index in [-0.39, 0.29) is 36.4 Å². The van der Waals surface area contributed by atoms with E-state index in [0.717, 1.165) is 0 Å². The molecule has 4 unspecified atom stereocenters. The zero-order chi connectivity index (χ0) is 28.3. The van der Waals surface area contributed by atoms with Crippen molar-refractivity contribution in [2.75, 3.05) is 0 Å². The van der Waals surface area contributed by atoms with Crippen LogP contribution >= 0.6 is 0 Å². The molecular weight excluding hydrogens is 482 g/mol. The molecule has 1 rings (SSSR count). The Hall–Kier alpha value is -3.14. The molecule has 10 nitrogen and oxygen atoms in total. The number of hydrogen-bond donors (Lipinski definition) is 2. The topological polar surface area (TPSA) is 151 Å². The fourth-order valence-corrected chi connectivity index (χ4v) is 3.17. The molecule has 0 aliphatic carbocycles. The molecule has 0 spiro atoms. The van der Waals surface area contributed by atoms with Gasteiger partial charge in [0.05, 0.1) is 11.8 Å². The van der Waals surface area contributed by atoms with Gasteiger partial charge in [-0.3, -0.25) is 14.4 Å². The van der Waals surface area contributed by atoms with Crippen LogP contribution in [-0.2, 0) is 30.3 Å². The first-order chi connectivity index (χ1) is 17.3. The number of aliphatic carboxylic acids is 1. The van der Waals surface area contributed by atoms with E-state index in [0.29, 0.717) is 24.8 Å². The molecular formula is C27H41NO9. The average Bonchev–Trinajstić information content (AvgIpc) is 2.83. The Morgan fingerprint density at radius 1 is 0.838 bits per heavy atom. The predicted molar refractivity (Wildman–Crippen MR) is 136 cm³/mol. The summed E-state index contributed by atoms with van der Waals surface area (Å²) in [6.45, 7) is 12.2. The summed E-state index contributed by atoms with van der Waals surface area (Å²) in [5, 5.41) is 9.89. The SMILES string of the molecule is CCC(C)OC(=O)O[C@@H](C)CC(N)(Cc1ccc(OC(=O)C(C)CC)c(OC(=O)C(C)CC)c1)C(=O)O. The van der Waals surface area contributed by atoms with Crippen LogP contribution in [0.15, 0.2) is 18.2 Å². The third-order valence-electron chi connectivity index (χ3n) is 6.23. The van der Waals surface area contributed by atoms with E-state index in [1.54, 1.807) is 26.8 Å². The molecule has 0 aliphatic heterocycles. The van der Waals surface area contributed by atoms with Crippen LogP contribution in [0.4, 0.5) is 4.79 Å². The molecule has 0 bridgehead atoms. The Bertz CT molecular complexity index is 948. The molecule has 0 heterocycles. The van der Waals surface area contributed by atoms with Gasteiger partial charge >= 0.3 is 24.1 Å². The lowest BCUT2D eigenvalue weighted by molar-refractivity contribution is -0.145. The first kappa shape index (κ1) is 31.9. The Labute approximate surface area is 218 Å². The second-order valence-electron chi connectivity index (χ2n) is 9.60. The first-order valence-electron chi connectivity index (χ1n) is 12.7. The third kappa shape index (κ3) is 10.0. The summed E-state index contributed by atoms with van der Waals surface area (Å²) >= 11 is 0. The highest BCUT2D eigenvalue weighted by Gasteiger charge is 2.37. The normalized spacial score (nSPS) is 15.9. The van der Waals surface area contributed by atoms with E-state index in [4.69, 9.17) is 24.7 Å². The smallest absolute Gasteiger partial charge is 0.480 e. The second-order valence-corrected chi connectivity index (χ2v) is 9.60. The monoisotopic (exact) mass is 523 g/mol. The molecule has 1 aromatic carbocycles. The number of carbonyl (C=O) groups excluding carboxylic acids is 3. The van der Waals surface area contributed by atoms with Crippen molar-refractivity contribution in [3.05, 3.63) is 23.8 Å². The highest BCUT2D eigenvalue weighted by molar-refractivity contribution is 5.80. The Morgan fingerprint density at radius 2 is 1.35 bits per heavy atom. The Morgan fingerprint density at radius 3 is 1.84 bits per heavy atom. The number of ether oxygens (including phenoxy) is 4. The van der Waals surface area contributed by atoms with Gasteiger partial charge in [0.1, 0.15) is 17.7 Å². The van der Waals surface area contributed by atoms with Gasteiger partial charge in [0.25, 0.3) is 0 Å². The molecule has 0 aliphatic rings. The lowest BCUT2D eigenvalue weighted by Crippen LogP contribution is -2.52. The number of hydrogen-bond acceptors (Lipinski definition) is 9. The Balaban J connectivity index is 3.19. The number of carboxylic acids is 1. The summed E-state index contributed by atoms with van der Waals surface area (Å²) in [7, 11) is 0. The lowest BCUT2D eigenvalue weighted by Gasteiger charge is -2.28. The van der Waals surface area contributed by atoms with E-state index >= 15 is 0 Å². The molecule has 1 aromatic rings. The number of benzene rings is 1. The highest BCUT2D eigenvalue weighted by Crippen LogP contribution is 2.32. The van der Waals surface area contributed by atoms with Crippen LogP contribution in [0.5, 0.6) is 11.5 Å². The molecule has 208 valence electrons. The van der Waals surface area contributed by atoms with Gasteiger partial charge in [-0.25, -0.2) is 4.79 Å². The summed E-state index contributed by atoms with van der Waals surface area (Å²) in [5.74, 6) is -3.02. The summed E-state index contributed by atoms with van der Waals surface area (Å²) in [5.41, 5.74) is 4.86. The molecule has 37 heavy (non-hydrogen) atoms. The quantitative estimate of drug-likeness (QED) is 0.260. The van der Waals surface area contributed by atoms with Gasteiger partial charge in [0.15, 0.2) is 11.5 Å². The molecule has 5 atom stereocenters. The summed E-state index contributed by atoms with van der Waals surface area (Å²) in [6, 6.07) is 4.43. The van der Waals surface area contributed by atoms with Crippen molar-refractivity contribution >= 4 is 24.1 Å². The van der Waals surface area contributed by atoms with Crippen LogP contribution in [0, 0.1) is 11.8 Å². The number of rotatable bonds is 14. The minimum atomic E-state index is -1.82. The average molecular weight is 524 g/mol. The Kier molecular flexibility index (Phi) is 12.6. The van der Waals surface area contributed by atoms with Crippen LogP contribution in [0.1, 0.15) is 79.7 Å². The van der Waals surface area contributed by atoms with Crippen molar-refractivity contribution in [2.24, 2.45) is 17.6 Å². The molecule has 0 radical (unpaired) electrons. The molecule has 0 amide bonds. The first-order valence-corrected chi connectivity index (χ1v) is 12.7. The number of esters is 2. The van der Waals surface area contributed by atoms with Crippen molar-refractivity contribution in [2.45, 2.75) is 98.3 Å². The zero-order valence-corrected chi connectivity index (χ0v) is 22.9. The zero-order valence-electron chi connectivity index (χ0n) is 22.9. The highest BCUT2D eigenvalue weighted by atomic mass is 16.7. The maximum Gasteiger partial charge on any atom is 0.508 e. The van der Waals surface area contributed by atoms with Gasteiger partial charge in [0, 0.05) is 12.8 Å². The van der Waals surface area contributed by atoms with E-state index in [2.05, 4.69) is 0 Å². The van der Waals surface area contributed by atoms with Crippen molar-refractivity contribution in [1.29, 1.82) is 0 Å². The number of carboxylic acid groups (broad SMARTS) is 1. The maximum atomic E-state index is 12.5. The van der Waals surface area contributed by atoms with Crippen molar-refractivity contribution in [3.8, 4) is 11.5 Å². The minimum absolute atomic E-state index is 0.00591. The van der Waals surface area contributed by atoms with Crippen molar-refractivity contribution in [3.63, 3.8) is 0 Å². The number of carbonyl (C=O) groups is 4. The van der Waals surface area contributed by atoms with E-state index in [1.807, 2.05) is 20.8 Å². The van der Waals surface area contributed by atoms with Crippen LogP contribution in [0.3, 0.4) is 0 Å². The summed E-state index contributed by atoms with van der Waals surface area (Å²) in [6.07, 6.45) is -0.759. The molecule has 10 heteroatoms. The van der Waals surface area contributed by atoms with E-state index in [1.165, 1.54) is 19.1 Å². The van der Waals surface area contributed by atoms with Gasteiger partial charge in [-0.2, -0.15) is 0 Å². The van der Waals surface area contributed by atoms with Crippen LogP contribution in [0.25, 0.3) is 0 Å².